The number of ketones is 1. The number of carbonyl (C=O) groups excluding carboxylic acids is 1. The van der Waals surface area contributed by atoms with Gasteiger partial charge in [-0.05, 0) is 70.0 Å². The molecular formula is C25H27NO7. The van der Waals surface area contributed by atoms with E-state index < -0.39 is 23.2 Å². The molecule has 2 aliphatic rings. The smallest absolute Gasteiger partial charge is 0.336 e. The van der Waals surface area contributed by atoms with Crippen LogP contribution in [0.3, 0.4) is 0 Å². The number of Topliss-reactive ketones (excluding diaryl/α,β-unsaturated/α-hetero) is 1. The Hall–Kier alpha value is -3.39. The second kappa shape index (κ2) is 8.86. The minimum atomic E-state index is -1.01. The number of benzene rings is 1. The first-order valence-corrected chi connectivity index (χ1v) is 10.9. The maximum absolute atomic E-state index is 13.0. The number of rotatable bonds is 7. The Kier molecular flexibility index (Phi) is 6.12. The fourth-order valence-electron chi connectivity index (χ4n) is 4.28. The first kappa shape index (κ1) is 22.8. The molecule has 1 aromatic carbocycles. The van der Waals surface area contributed by atoms with Gasteiger partial charge in [0.2, 0.25) is 5.78 Å². The third-order valence-corrected chi connectivity index (χ3v) is 6.05. The quantitative estimate of drug-likeness (QED) is 0.637. The Morgan fingerprint density at radius 3 is 2.79 bits per heavy atom. The molecular weight excluding hydrogens is 426 g/mol. The number of carbonyl (C=O) groups is 2. The molecule has 1 N–H and O–H groups in total. The van der Waals surface area contributed by atoms with E-state index in [4.69, 9.17) is 13.9 Å². The van der Waals surface area contributed by atoms with Crippen molar-refractivity contribution in [1.82, 2.24) is 4.90 Å². The van der Waals surface area contributed by atoms with Crippen molar-refractivity contribution in [2.24, 2.45) is 0 Å². The van der Waals surface area contributed by atoms with Crippen molar-refractivity contribution in [2.75, 3.05) is 19.7 Å². The predicted octanol–water partition coefficient (Wildman–Crippen LogP) is 3.30. The first-order chi connectivity index (χ1) is 15.7. The van der Waals surface area contributed by atoms with Crippen molar-refractivity contribution in [2.45, 2.75) is 45.3 Å². The highest BCUT2D eigenvalue weighted by atomic mass is 16.5. The second-order valence-corrected chi connectivity index (χ2v) is 8.87. The van der Waals surface area contributed by atoms with E-state index in [1.807, 2.05) is 17.9 Å². The van der Waals surface area contributed by atoms with E-state index in [0.717, 1.165) is 17.4 Å². The minimum absolute atomic E-state index is 0.133. The third-order valence-electron chi connectivity index (χ3n) is 6.05. The van der Waals surface area contributed by atoms with Gasteiger partial charge in [-0.2, -0.15) is 0 Å². The Morgan fingerprint density at radius 2 is 2.03 bits per heavy atom. The summed E-state index contributed by atoms with van der Waals surface area (Å²) in [6.45, 7) is 6.35. The number of hydrogen-bond acceptors (Lipinski definition) is 7. The van der Waals surface area contributed by atoms with Crippen LogP contribution in [0, 0.1) is 0 Å². The average Bonchev–Trinajstić information content (AvgIpc) is 3.32. The monoisotopic (exact) mass is 453 g/mol. The number of ether oxygens (including phenoxy) is 2. The Morgan fingerprint density at radius 1 is 1.27 bits per heavy atom. The lowest BCUT2D eigenvalue weighted by atomic mass is 9.97. The van der Waals surface area contributed by atoms with Crippen molar-refractivity contribution in [1.29, 1.82) is 0 Å². The zero-order chi connectivity index (χ0) is 23.8. The van der Waals surface area contributed by atoms with Gasteiger partial charge in [-0.3, -0.25) is 14.5 Å². The number of nitrogens with zero attached hydrogens (tertiary/aromatic N) is 1. The molecule has 0 spiro atoms. The SMILES string of the molecule is C/C(=C\COc1ccc2ccc(=O)oc2c1)C1=C(CN2CCC[C@@H]2C(=O)O)C(=O)C(C)(C)O1. The molecule has 33 heavy (non-hydrogen) atoms. The summed E-state index contributed by atoms with van der Waals surface area (Å²) in [5.74, 6) is 0.0216. The Balaban J connectivity index is 1.52. The minimum Gasteiger partial charge on any atom is -0.489 e. The molecule has 0 saturated carbocycles. The maximum Gasteiger partial charge on any atom is 0.336 e. The molecule has 1 saturated heterocycles. The number of allylic oxidation sites excluding steroid dienone is 1. The van der Waals surface area contributed by atoms with Gasteiger partial charge in [0.1, 0.15) is 29.7 Å². The van der Waals surface area contributed by atoms with Gasteiger partial charge in [0.05, 0.1) is 5.57 Å². The van der Waals surface area contributed by atoms with Gasteiger partial charge >= 0.3 is 11.6 Å². The molecule has 8 heteroatoms. The largest absolute Gasteiger partial charge is 0.489 e. The number of hydrogen-bond donors (Lipinski definition) is 1. The predicted molar refractivity (Wildman–Crippen MR) is 121 cm³/mol. The molecule has 4 rings (SSSR count). The number of fused-ring (bicyclic) bond motifs is 1. The molecule has 1 aromatic heterocycles. The normalized spacial score (nSPS) is 21.0. The fraction of sp³-hybridized carbons (Fsp3) is 0.400. The van der Waals surface area contributed by atoms with Gasteiger partial charge in [0.15, 0.2) is 5.60 Å². The summed E-state index contributed by atoms with van der Waals surface area (Å²) < 4.78 is 17.0. The molecule has 0 aliphatic carbocycles. The summed E-state index contributed by atoms with van der Waals surface area (Å²) in [5.41, 5.74) is 0.241. The molecule has 174 valence electrons. The van der Waals surface area contributed by atoms with E-state index in [1.54, 1.807) is 38.1 Å². The van der Waals surface area contributed by atoms with Crippen LogP contribution in [0.5, 0.6) is 5.75 Å². The summed E-state index contributed by atoms with van der Waals surface area (Å²) >= 11 is 0. The molecule has 0 amide bonds. The topological polar surface area (TPSA) is 106 Å². The van der Waals surface area contributed by atoms with Gasteiger partial charge in [0.25, 0.3) is 0 Å². The van der Waals surface area contributed by atoms with Crippen LogP contribution >= 0.6 is 0 Å². The van der Waals surface area contributed by atoms with Crippen molar-refractivity contribution in [3.8, 4) is 5.75 Å². The highest BCUT2D eigenvalue weighted by molar-refractivity contribution is 6.04. The summed E-state index contributed by atoms with van der Waals surface area (Å²) in [6.07, 6.45) is 3.17. The molecule has 8 nitrogen and oxygen atoms in total. The molecule has 3 heterocycles. The number of carboxylic acids is 1. The van der Waals surface area contributed by atoms with Gasteiger partial charge in [-0.15, -0.1) is 0 Å². The van der Waals surface area contributed by atoms with Crippen LogP contribution in [0.25, 0.3) is 11.0 Å². The van der Waals surface area contributed by atoms with Crippen LogP contribution in [-0.4, -0.2) is 53.1 Å². The molecule has 0 unspecified atom stereocenters. The van der Waals surface area contributed by atoms with Crippen molar-refractivity contribution >= 4 is 22.7 Å². The molecule has 1 atom stereocenters. The van der Waals surface area contributed by atoms with E-state index in [-0.39, 0.29) is 18.9 Å². The summed E-state index contributed by atoms with van der Waals surface area (Å²) in [6, 6.07) is 7.72. The zero-order valence-electron chi connectivity index (χ0n) is 18.9. The lowest BCUT2D eigenvalue weighted by Crippen LogP contribution is -2.39. The van der Waals surface area contributed by atoms with Crippen molar-refractivity contribution in [3.63, 3.8) is 0 Å². The van der Waals surface area contributed by atoms with Crippen molar-refractivity contribution < 1.29 is 28.6 Å². The van der Waals surface area contributed by atoms with Crippen LogP contribution in [0.15, 0.2) is 62.5 Å². The Bertz CT molecular complexity index is 1220. The van der Waals surface area contributed by atoms with Crippen LogP contribution in [0.2, 0.25) is 0 Å². The fourth-order valence-corrected chi connectivity index (χ4v) is 4.28. The van der Waals surface area contributed by atoms with E-state index in [0.29, 0.717) is 35.6 Å². The third kappa shape index (κ3) is 4.71. The summed E-state index contributed by atoms with van der Waals surface area (Å²) in [5, 5.41) is 10.3. The lowest BCUT2D eigenvalue weighted by Gasteiger charge is -2.21. The standard InChI is InChI=1S/C25H27NO7/c1-15(10-12-31-17-8-6-16-7-9-21(27)32-20(16)13-17)22-18(23(28)25(2,3)33-22)14-26-11-4-5-19(26)24(29)30/h6-10,13,19H,4-5,11-12,14H2,1-3H3,(H,29,30)/b15-10+/t19-/m1/s1. The van der Waals surface area contributed by atoms with Crippen LogP contribution in [0.4, 0.5) is 0 Å². The highest BCUT2D eigenvalue weighted by Crippen LogP contribution is 2.35. The van der Waals surface area contributed by atoms with Gasteiger partial charge in [0, 0.05) is 24.1 Å². The second-order valence-electron chi connectivity index (χ2n) is 8.87. The van der Waals surface area contributed by atoms with Crippen LogP contribution in [0.1, 0.15) is 33.6 Å². The zero-order valence-corrected chi connectivity index (χ0v) is 18.9. The summed E-state index contributed by atoms with van der Waals surface area (Å²) in [4.78, 5) is 37.8. The van der Waals surface area contributed by atoms with Crippen LogP contribution in [-0.2, 0) is 14.3 Å². The summed E-state index contributed by atoms with van der Waals surface area (Å²) in [7, 11) is 0. The maximum atomic E-state index is 13.0. The van der Waals surface area contributed by atoms with E-state index in [2.05, 4.69) is 0 Å². The molecule has 0 bridgehead atoms. The lowest BCUT2D eigenvalue weighted by molar-refractivity contribution is -0.142. The Labute approximate surface area is 191 Å². The molecule has 2 aliphatic heterocycles. The van der Waals surface area contributed by atoms with E-state index >= 15 is 0 Å². The van der Waals surface area contributed by atoms with Crippen LogP contribution < -0.4 is 10.4 Å². The molecule has 0 radical (unpaired) electrons. The number of likely N-dealkylation sites (tertiary alicyclic amines) is 1. The van der Waals surface area contributed by atoms with E-state index in [9.17, 15) is 19.5 Å². The molecule has 2 aromatic rings. The number of carboxylic acid groups (broad SMARTS) is 1. The van der Waals surface area contributed by atoms with Crippen molar-refractivity contribution in [3.05, 3.63) is 63.7 Å². The highest BCUT2D eigenvalue weighted by Gasteiger charge is 2.44. The number of aliphatic carboxylic acids is 1. The average molecular weight is 453 g/mol. The van der Waals surface area contributed by atoms with Gasteiger partial charge in [-0.1, -0.05) is 0 Å². The van der Waals surface area contributed by atoms with Gasteiger partial charge < -0.3 is 19.0 Å². The van der Waals surface area contributed by atoms with E-state index in [1.165, 1.54) is 6.07 Å². The molecule has 1 fully saturated rings. The first-order valence-electron chi connectivity index (χ1n) is 10.9. The van der Waals surface area contributed by atoms with Gasteiger partial charge in [-0.25, -0.2) is 4.79 Å².